The van der Waals surface area contributed by atoms with Crippen LogP contribution in [-0.2, 0) is 5.41 Å². The van der Waals surface area contributed by atoms with Crippen LogP contribution in [-0.4, -0.2) is 0 Å². The van der Waals surface area contributed by atoms with Crippen LogP contribution >= 0.6 is 0 Å². The summed E-state index contributed by atoms with van der Waals surface area (Å²) in [6, 6.07) is 50.3. The molecule has 194 valence electrons. The van der Waals surface area contributed by atoms with E-state index < -0.39 is 0 Å². The van der Waals surface area contributed by atoms with Gasteiger partial charge < -0.3 is 0 Å². The lowest BCUT2D eigenvalue weighted by atomic mass is 9.70. The Labute approximate surface area is 240 Å². The molecule has 0 aromatic heterocycles. The first-order valence-electron chi connectivity index (χ1n) is 14.8. The van der Waals surface area contributed by atoms with Crippen molar-refractivity contribution in [2.24, 2.45) is 0 Å². The molecule has 0 radical (unpaired) electrons. The van der Waals surface area contributed by atoms with Gasteiger partial charge in [0.05, 0.1) is 0 Å². The standard InChI is InChI=1S/C41H30/c1-41(2)34-21-9-8-16-28(34)29-23-22-27(24-35(29)41)38-31-18-7-6-17-30(31)37(26-12-4-3-5-13-26)39-32-19-10-14-25-15-11-20-33(36(25)32)40(38)39/h3-24,39-40H,1-2H3. The van der Waals surface area contributed by atoms with Crippen molar-refractivity contribution < 1.29 is 0 Å². The summed E-state index contributed by atoms with van der Waals surface area (Å²) in [7, 11) is 0. The average molecular weight is 523 g/mol. The van der Waals surface area contributed by atoms with Crippen molar-refractivity contribution in [3.63, 3.8) is 0 Å². The molecule has 0 spiro atoms. The maximum Gasteiger partial charge on any atom is 0.0218 e. The minimum absolute atomic E-state index is 0.0317. The molecule has 3 aliphatic rings. The maximum absolute atomic E-state index is 2.52. The van der Waals surface area contributed by atoms with Crippen molar-refractivity contribution in [3.8, 4) is 11.1 Å². The van der Waals surface area contributed by atoms with Gasteiger partial charge in [0.2, 0.25) is 0 Å². The predicted octanol–water partition coefficient (Wildman–Crippen LogP) is 8.44. The summed E-state index contributed by atoms with van der Waals surface area (Å²) in [5, 5.41) is 5.52. The molecule has 6 aromatic carbocycles. The molecule has 0 nitrogen and oxygen atoms in total. The molecule has 2 atom stereocenters. The molecule has 0 aliphatic heterocycles. The minimum atomic E-state index is -0.0317. The lowest BCUT2D eigenvalue weighted by molar-refractivity contribution is 0.660. The van der Waals surface area contributed by atoms with E-state index in [1.165, 1.54) is 76.9 Å². The van der Waals surface area contributed by atoms with Crippen LogP contribution in [0.25, 0.3) is 33.0 Å². The first-order valence-corrected chi connectivity index (χ1v) is 14.8. The van der Waals surface area contributed by atoms with Crippen molar-refractivity contribution >= 4 is 21.9 Å². The van der Waals surface area contributed by atoms with Crippen LogP contribution in [0.1, 0.15) is 59.1 Å². The SMILES string of the molecule is CC1(C)c2ccccc2-c2ccc(C3=c4ccccc4=C(c4ccccc4)C4c5cccc6cccc(c56)C34)cc21. The van der Waals surface area contributed by atoms with E-state index in [1.54, 1.807) is 0 Å². The van der Waals surface area contributed by atoms with E-state index >= 15 is 0 Å². The lowest BCUT2D eigenvalue weighted by Crippen LogP contribution is -2.38. The summed E-state index contributed by atoms with van der Waals surface area (Å²) in [5.74, 6) is 0.521. The third-order valence-electron chi connectivity index (χ3n) is 10.1. The number of fused-ring (bicyclic) bond motifs is 7. The highest BCUT2D eigenvalue weighted by molar-refractivity contribution is 6.00. The molecule has 3 aliphatic carbocycles. The second-order valence-electron chi connectivity index (χ2n) is 12.4. The zero-order valence-corrected chi connectivity index (χ0v) is 23.4. The fraction of sp³-hybridized carbons (Fsp3) is 0.122. The smallest absolute Gasteiger partial charge is 0.0218 e. The molecule has 0 saturated heterocycles. The van der Waals surface area contributed by atoms with Gasteiger partial charge in [-0.25, -0.2) is 0 Å². The Kier molecular flexibility index (Phi) is 4.60. The Morgan fingerprint density at radius 1 is 0.463 bits per heavy atom. The van der Waals surface area contributed by atoms with E-state index in [2.05, 4.69) is 147 Å². The molecule has 6 aromatic rings. The highest BCUT2D eigenvalue weighted by atomic mass is 14.4. The van der Waals surface area contributed by atoms with E-state index in [0.717, 1.165) is 0 Å². The van der Waals surface area contributed by atoms with E-state index in [4.69, 9.17) is 0 Å². The first kappa shape index (κ1) is 23.1. The monoisotopic (exact) mass is 522 g/mol. The van der Waals surface area contributed by atoms with E-state index in [0.29, 0.717) is 0 Å². The average Bonchev–Trinajstić information content (AvgIpc) is 3.46. The zero-order valence-electron chi connectivity index (χ0n) is 23.4. The van der Waals surface area contributed by atoms with Crippen molar-refractivity contribution in [2.75, 3.05) is 0 Å². The second-order valence-corrected chi connectivity index (χ2v) is 12.4. The third kappa shape index (κ3) is 3.00. The number of hydrogen-bond acceptors (Lipinski definition) is 0. The molecule has 0 heteroatoms. The zero-order chi connectivity index (χ0) is 27.3. The van der Waals surface area contributed by atoms with Crippen LogP contribution in [0.4, 0.5) is 0 Å². The van der Waals surface area contributed by atoms with Crippen LogP contribution in [0.5, 0.6) is 0 Å². The van der Waals surface area contributed by atoms with Gasteiger partial charge in [0.25, 0.3) is 0 Å². The Balaban J connectivity index is 1.41. The van der Waals surface area contributed by atoms with E-state index in [1.807, 2.05) is 0 Å². The third-order valence-corrected chi connectivity index (χ3v) is 10.1. The molecule has 0 saturated carbocycles. The molecule has 0 fully saturated rings. The maximum atomic E-state index is 2.52. The van der Waals surface area contributed by atoms with Crippen LogP contribution in [0.3, 0.4) is 0 Å². The van der Waals surface area contributed by atoms with Gasteiger partial charge in [0, 0.05) is 17.3 Å². The van der Waals surface area contributed by atoms with Crippen molar-refractivity contribution in [3.05, 3.63) is 177 Å². The van der Waals surface area contributed by atoms with E-state index in [9.17, 15) is 0 Å². The Morgan fingerprint density at radius 2 is 1.05 bits per heavy atom. The number of benzene rings is 6. The summed E-state index contributed by atoms with van der Waals surface area (Å²) in [6.07, 6.45) is 0. The molecular formula is C41H30. The van der Waals surface area contributed by atoms with Gasteiger partial charge >= 0.3 is 0 Å². The van der Waals surface area contributed by atoms with Gasteiger partial charge in [-0.2, -0.15) is 0 Å². The fourth-order valence-electron chi connectivity index (χ4n) is 8.37. The Morgan fingerprint density at radius 3 is 1.76 bits per heavy atom. The van der Waals surface area contributed by atoms with Gasteiger partial charge in [0.1, 0.15) is 0 Å². The van der Waals surface area contributed by atoms with Gasteiger partial charge in [0.15, 0.2) is 0 Å². The summed E-state index contributed by atoms with van der Waals surface area (Å²) >= 11 is 0. The van der Waals surface area contributed by atoms with Gasteiger partial charge in [-0.15, -0.1) is 0 Å². The lowest BCUT2D eigenvalue weighted by Gasteiger charge is -2.32. The van der Waals surface area contributed by atoms with Gasteiger partial charge in [-0.1, -0.05) is 141 Å². The van der Waals surface area contributed by atoms with Crippen LogP contribution in [0.15, 0.2) is 133 Å². The quantitative estimate of drug-likeness (QED) is 0.214. The van der Waals surface area contributed by atoms with Gasteiger partial charge in [-0.05, 0) is 82.9 Å². The highest BCUT2D eigenvalue weighted by Crippen LogP contribution is 2.57. The Bertz CT molecular complexity index is 2170. The highest BCUT2D eigenvalue weighted by Gasteiger charge is 2.43. The summed E-state index contributed by atoms with van der Waals surface area (Å²) in [6.45, 7) is 4.77. The van der Waals surface area contributed by atoms with Gasteiger partial charge in [-0.3, -0.25) is 0 Å². The molecule has 0 bridgehead atoms. The van der Waals surface area contributed by atoms with Crippen LogP contribution in [0.2, 0.25) is 0 Å². The molecule has 0 heterocycles. The molecular weight excluding hydrogens is 492 g/mol. The number of hydrogen-bond donors (Lipinski definition) is 0. The minimum Gasteiger partial charge on any atom is -0.0622 e. The fourth-order valence-corrected chi connectivity index (χ4v) is 8.37. The summed E-state index contributed by atoms with van der Waals surface area (Å²) < 4.78 is 0. The topological polar surface area (TPSA) is 0 Å². The Hall–Kier alpha value is -4.68. The summed E-state index contributed by atoms with van der Waals surface area (Å²) in [4.78, 5) is 0. The van der Waals surface area contributed by atoms with Crippen molar-refractivity contribution in [1.29, 1.82) is 0 Å². The number of rotatable bonds is 2. The normalized spacial score (nSPS) is 19.1. The van der Waals surface area contributed by atoms with Crippen LogP contribution < -0.4 is 10.4 Å². The summed E-state index contributed by atoms with van der Waals surface area (Å²) in [5.41, 5.74) is 14.1. The molecule has 41 heavy (non-hydrogen) atoms. The van der Waals surface area contributed by atoms with Crippen molar-refractivity contribution in [2.45, 2.75) is 31.1 Å². The molecule has 0 amide bonds. The molecule has 2 unspecified atom stereocenters. The first-order chi connectivity index (χ1) is 20.1. The largest absolute Gasteiger partial charge is 0.0622 e. The van der Waals surface area contributed by atoms with E-state index in [-0.39, 0.29) is 17.3 Å². The molecule has 0 N–H and O–H groups in total. The second kappa shape index (κ2) is 8.18. The molecule has 9 rings (SSSR count). The predicted molar refractivity (Wildman–Crippen MR) is 171 cm³/mol. The van der Waals surface area contributed by atoms with Crippen LogP contribution in [0, 0.1) is 0 Å². The van der Waals surface area contributed by atoms with Crippen molar-refractivity contribution in [1.82, 2.24) is 0 Å².